The Morgan fingerprint density at radius 3 is 2.31 bits per heavy atom. The highest BCUT2D eigenvalue weighted by Crippen LogP contribution is 2.30. The second kappa shape index (κ2) is 9.16. The molecule has 1 unspecified atom stereocenters. The zero-order valence-electron chi connectivity index (χ0n) is 16.8. The molecule has 32 heavy (non-hydrogen) atoms. The fraction of sp³-hybridized carbons (Fsp3) is 0.143. The zero-order chi connectivity index (χ0) is 23.4. The number of carboxylic acids is 1. The number of amides is 1. The first-order valence-electron chi connectivity index (χ1n) is 9.28. The van der Waals surface area contributed by atoms with E-state index in [0.717, 1.165) is 4.68 Å². The van der Waals surface area contributed by atoms with E-state index in [1.54, 1.807) is 12.1 Å². The van der Waals surface area contributed by atoms with Crippen molar-refractivity contribution in [1.82, 2.24) is 19.7 Å². The Labute approximate surface area is 180 Å². The first-order valence-corrected chi connectivity index (χ1v) is 9.28. The summed E-state index contributed by atoms with van der Waals surface area (Å²) >= 11 is 0. The average Bonchev–Trinajstić information content (AvgIpc) is 3.24. The quantitative estimate of drug-likeness (QED) is 0.557. The van der Waals surface area contributed by atoms with E-state index in [1.165, 1.54) is 43.6 Å². The molecule has 11 heteroatoms. The lowest BCUT2D eigenvalue weighted by molar-refractivity contribution is 0.0682. The molecule has 0 fully saturated rings. The predicted molar refractivity (Wildman–Crippen MR) is 109 cm³/mol. The molecule has 10 nitrogen and oxygen atoms in total. The van der Waals surface area contributed by atoms with Crippen molar-refractivity contribution in [2.24, 2.45) is 11.7 Å². The largest absolute Gasteiger partial charge is 0.511 e. The molecule has 2 aromatic heterocycles. The highest BCUT2D eigenvalue weighted by Gasteiger charge is 2.36. The Morgan fingerprint density at radius 1 is 1.16 bits per heavy atom. The predicted octanol–water partition coefficient (Wildman–Crippen LogP) is 2.10. The number of aromatic nitrogens is 4. The van der Waals surface area contributed by atoms with Gasteiger partial charge in [-0.05, 0) is 43.2 Å². The number of carbonyl (C=O) groups excluding carboxylic acids is 2. The zero-order valence-corrected chi connectivity index (χ0v) is 16.8. The van der Waals surface area contributed by atoms with Crippen molar-refractivity contribution in [3.05, 3.63) is 83.1 Å². The number of primary amides is 1. The molecule has 0 saturated carbocycles. The molecule has 0 saturated heterocycles. The van der Waals surface area contributed by atoms with Crippen LogP contribution in [0, 0.1) is 11.7 Å². The summed E-state index contributed by atoms with van der Waals surface area (Å²) in [4.78, 5) is 41.3. The minimum atomic E-state index is -1.36. The number of benzene rings is 1. The number of nitrogens with two attached hydrogens (primary N) is 1. The first kappa shape index (κ1) is 22.3. The molecule has 0 bridgehead atoms. The van der Waals surface area contributed by atoms with Crippen LogP contribution in [-0.2, 0) is 6.42 Å². The van der Waals surface area contributed by atoms with E-state index in [-0.39, 0.29) is 23.6 Å². The molecule has 0 aliphatic carbocycles. The normalized spacial score (nSPS) is 14.9. The second-order valence-electron chi connectivity index (χ2n) is 6.81. The van der Waals surface area contributed by atoms with Crippen LogP contribution >= 0.6 is 0 Å². The maximum Gasteiger partial charge on any atom is 0.375 e. The third-order valence-electron chi connectivity index (χ3n) is 4.67. The summed E-state index contributed by atoms with van der Waals surface area (Å²) in [6.07, 6.45) is 3.20. The molecular weight excluding hydrogens is 421 g/mol. The van der Waals surface area contributed by atoms with Gasteiger partial charge in [-0.2, -0.15) is 4.68 Å². The van der Waals surface area contributed by atoms with E-state index in [4.69, 9.17) is 10.8 Å². The number of carboxylic acid groups (broad SMARTS) is 1. The van der Waals surface area contributed by atoms with Crippen molar-refractivity contribution in [3.8, 4) is 0 Å². The highest BCUT2D eigenvalue weighted by atomic mass is 19.1. The van der Waals surface area contributed by atoms with Crippen LogP contribution in [0.15, 0.2) is 54.6 Å². The minimum absolute atomic E-state index is 0.0141. The van der Waals surface area contributed by atoms with Crippen LogP contribution in [0.4, 0.5) is 4.39 Å². The number of aliphatic hydroxyl groups is 1. The molecular formula is C21H18FN5O5. The van der Waals surface area contributed by atoms with Gasteiger partial charge in [0, 0.05) is 23.5 Å². The molecule has 3 heterocycles. The lowest BCUT2D eigenvalue weighted by Gasteiger charge is -2.22. The van der Waals surface area contributed by atoms with Crippen LogP contribution in [0.5, 0.6) is 0 Å². The first-order chi connectivity index (χ1) is 15.2. The number of nitrogens with zero attached hydrogens (tertiary/aromatic N) is 4. The van der Waals surface area contributed by atoms with E-state index in [0.29, 0.717) is 11.1 Å². The molecule has 1 aromatic carbocycles. The van der Waals surface area contributed by atoms with Gasteiger partial charge in [0.1, 0.15) is 17.5 Å². The fourth-order valence-corrected chi connectivity index (χ4v) is 3.00. The number of rotatable bonds is 4. The van der Waals surface area contributed by atoms with Crippen molar-refractivity contribution in [2.45, 2.75) is 13.3 Å². The van der Waals surface area contributed by atoms with E-state index in [9.17, 15) is 23.9 Å². The van der Waals surface area contributed by atoms with Crippen LogP contribution < -0.4 is 5.73 Å². The van der Waals surface area contributed by atoms with Gasteiger partial charge in [0.05, 0.1) is 0 Å². The molecule has 1 amide bonds. The highest BCUT2D eigenvalue weighted by molar-refractivity contribution is 5.93. The lowest BCUT2D eigenvalue weighted by Crippen LogP contribution is -2.32. The molecule has 4 N–H and O–H groups in total. The van der Waals surface area contributed by atoms with E-state index in [2.05, 4.69) is 15.1 Å². The summed E-state index contributed by atoms with van der Waals surface area (Å²) < 4.78 is 13.8. The van der Waals surface area contributed by atoms with E-state index in [1.807, 2.05) is 0 Å². The summed E-state index contributed by atoms with van der Waals surface area (Å²) in [7, 11) is 0. The monoisotopic (exact) mass is 439 g/mol. The topological polar surface area (TPSA) is 161 Å². The van der Waals surface area contributed by atoms with Crippen LogP contribution in [0.2, 0.25) is 0 Å². The summed E-state index contributed by atoms with van der Waals surface area (Å²) in [5.74, 6) is -4.35. The molecule has 164 valence electrons. The lowest BCUT2D eigenvalue weighted by atomic mass is 9.92. The van der Waals surface area contributed by atoms with Gasteiger partial charge in [0.2, 0.25) is 5.91 Å². The number of fused-ring (bicyclic) bond motifs is 1. The van der Waals surface area contributed by atoms with Gasteiger partial charge in [-0.15, -0.1) is 5.10 Å². The number of aromatic carboxylic acids is 1. The Morgan fingerprint density at radius 2 is 1.78 bits per heavy atom. The van der Waals surface area contributed by atoms with Gasteiger partial charge in [-0.3, -0.25) is 14.6 Å². The number of aliphatic hydroxyl groups excluding tert-OH is 1. The SMILES string of the molecule is CC1=C(O)C(Cc2ccc(F)cc2)C(=O)n2nc(C(=O)O)nc21.NC(=O)c1ccncc1. The number of carbonyl (C=O) groups is 3. The Kier molecular flexibility index (Phi) is 6.38. The van der Waals surface area contributed by atoms with Gasteiger partial charge in [0.15, 0.2) is 5.82 Å². The van der Waals surface area contributed by atoms with Gasteiger partial charge in [-0.25, -0.2) is 14.2 Å². The summed E-state index contributed by atoms with van der Waals surface area (Å²) in [6, 6.07) is 8.71. The minimum Gasteiger partial charge on any atom is -0.511 e. The maximum absolute atomic E-state index is 13.0. The number of hydrogen-bond acceptors (Lipinski definition) is 7. The third-order valence-corrected chi connectivity index (χ3v) is 4.67. The summed E-state index contributed by atoms with van der Waals surface area (Å²) in [5, 5.41) is 22.9. The maximum atomic E-state index is 13.0. The fourth-order valence-electron chi connectivity index (χ4n) is 3.00. The van der Waals surface area contributed by atoms with Crippen LogP contribution in [0.1, 0.15) is 44.1 Å². The van der Waals surface area contributed by atoms with Gasteiger partial charge in [0.25, 0.3) is 11.7 Å². The molecule has 4 rings (SSSR count). The molecule has 0 radical (unpaired) electrons. The molecule has 0 spiro atoms. The summed E-state index contributed by atoms with van der Waals surface area (Å²) in [5.41, 5.74) is 6.38. The molecule has 3 aromatic rings. The van der Waals surface area contributed by atoms with Crippen molar-refractivity contribution in [3.63, 3.8) is 0 Å². The number of pyridine rings is 1. The van der Waals surface area contributed by atoms with Crippen LogP contribution in [0.25, 0.3) is 5.57 Å². The van der Waals surface area contributed by atoms with Crippen LogP contribution in [0.3, 0.4) is 0 Å². The second-order valence-corrected chi connectivity index (χ2v) is 6.81. The van der Waals surface area contributed by atoms with Crippen molar-refractivity contribution in [1.29, 1.82) is 0 Å². The summed E-state index contributed by atoms with van der Waals surface area (Å²) in [6.45, 7) is 1.53. The number of halogens is 1. The van der Waals surface area contributed by atoms with Gasteiger partial charge in [-0.1, -0.05) is 12.1 Å². The van der Waals surface area contributed by atoms with Crippen molar-refractivity contribution >= 4 is 23.4 Å². The Balaban J connectivity index is 0.000000269. The average molecular weight is 439 g/mol. The van der Waals surface area contributed by atoms with E-state index >= 15 is 0 Å². The van der Waals surface area contributed by atoms with Gasteiger partial charge < -0.3 is 15.9 Å². The van der Waals surface area contributed by atoms with Gasteiger partial charge >= 0.3 is 5.97 Å². The molecule has 1 atom stereocenters. The molecule has 1 aliphatic heterocycles. The van der Waals surface area contributed by atoms with Crippen molar-refractivity contribution in [2.75, 3.05) is 0 Å². The smallest absolute Gasteiger partial charge is 0.375 e. The third kappa shape index (κ3) is 4.67. The standard InChI is InChI=1S/C15H12FN3O4.C6H6N2O/c1-7-11(20)10(6-8-2-4-9(16)5-3-8)14(21)19-13(7)17-12(18-19)15(22)23;7-6(9)5-1-3-8-4-2-5/h2-5,10,20H,6H2,1H3,(H,22,23);1-4H,(H2,7,9). The van der Waals surface area contributed by atoms with Crippen molar-refractivity contribution < 1.29 is 29.0 Å². The number of hydrogen-bond donors (Lipinski definition) is 3. The Bertz CT molecular complexity index is 1210. The van der Waals surface area contributed by atoms with Crippen LogP contribution in [-0.4, -0.2) is 47.7 Å². The van der Waals surface area contributed by atoms with E-state index < -0.39 is 35.3 Å². The Hall–Kier alpha value is -4.41. The number of allylic oxidation sites excluding steroid dienone is 2. The molecule has 1 aliphatic rings.